The van der Waals surface area contributed by atoms with Crippen molar-refractivity contribution in [1.29, 1.82) is 0 Å². The number of rotatable bonds is 5. The molecule has 0 bridgehead atoms. The summed E-state index contributed by atoms with van der Waals surface area (Å²) >= 11 is 0. The molecule has 0 radical (unpaired) electrons. The lowest BCUT2D eigenvalue weighted by molar-refractivity contribution is 0.423. The average molecular weight is 283 g/mol. The minimum Gasteiger partial charge on any atom is -0.386 e. The van der Waals surface area contributed by atoms with Crippen molar-refractivity contribution < 1.29 is 8.42 Å². The molecule has 5 nitrogen and oxygen atoms in total. The van der Waals surface area contributed by atoms with Crippen LogP contribution in [0, 0.1) is 5.92 Å². The summed E-state index contributed by atoms with van der Waals surface area (Å²) in [5.74, 6) is 0.441. The first-order valence-corrected chi connectivity index (χ1v) is 8.18. The van der Waals surface area contributed by atoms with E-state index in [1.807, 2.05) is 6.92 Å². The Balaban J connectivity index is 2.17. The highest BCUT2D eigenvalue weighted by Crippen LogP contribution is 2.28. The number of hydrogen-bond acceptors (Lipinski definition) is 4. The average Bonchev–Trinajstić information content (AvgIpc) is 2.92. The molecule has 1 atom stereocenters. The largest absolute Gasteiger partial charge is 0.386 e. The molecule has 1 unspecified atom stereocenters. The fraction of sp³-hybridized carbons (Fsp3) is 0.615. The summed E-state index contributed by atoms with van der Waals surface area (Å²) in [6.07, 6.45) is 6.09. The van der Waals surface area contributed by atoms with E-state index in [4.69, 9.17) is 0 Å². The van der Waals surface area contributed by atoms with Gasteiger partial charge in [0.25, 0.3) is 10.0 Å². The molecule has 106 valence electrons. The van der Waals surface area contributed by atoms with Gasteiger partial charge in [0.15, 0.2) is 5.03 Å². The lowest BCUT2D eigenvalue weighted by atomic mass is 10.0. The van der Waals surface area contributed by atoms with Crippen LogP contribution in [0.15, 0.2) is 23.4 Å². The molecule has 1 fully saturated rings. The molecule has 1 aliphatic carbocycles. The first kappa shape index (κ1) is 14.3. The van der Waals surface area contributed by atoms with E-state index >= 15 is 0 Å². The van der Waals surface area contributed by atoms with E-state index in [0.29, 0.717) is 11.6 Å². The molecule has 2 N–H and O–H groups in total. The van der Waals surface area contributed by atoms with Crippen molar-refractivity contribution in [2.24, 2.45) is 5.92 Å². The third-order valence-corrected chi connectivity index (χ3v) is 5.26. The topological polar surface area (TPSA) is 71.1 Å². The van der Waals surface area contributed by atoms with Crippen molar-refractivity contribution >= 4 is 15.7 Å². The summed E-state index contributed by atoms with van der Waals surface area (Å²) in [6.45, 7) is 1.94. The first-order valence-electron chi connectivity index (χ1n) is 6.69. The van der Waals surface area contributed by atoms with Crippen LogP contribution in [0.1, 0.15) is 32.6 Å². The van der Waals surface area contributed by atoms with Gasteiger partial charge in [0.05, 0.1) is 5.69 Å². The Morgan fingerprint density at radius 1 is 1.37 bits per heavy atom. The normalized spacial score (nSPS) is 18.4. The number of aromatic nitrogens is 1. The molecular weight excluding hydrogens is 262 g/mol. The number of pyridine rings is 1. The van der Waals surface area contributed by atoms with E-state index in [2.05, 4.69) is 15.0 Å². The van der Waals surface area contributed by atoms with Crippen molar-refractivity contribution in [2.75, 3.05) is 12.4 Å². The fourth-order valence-electron chi connectivity index (χ4n) is 2.65. The summed E-state index contributed by atoms with van der Waals surface area (Å²) in [5, 5.41) is 2.93. The summed E-state index contributed by atoms with van der Waals surface area (Å²) in [6, 6.07) is 3.38. The molecule has 0 saturated heterocycles. The first-order chi connectivity index (χ1) is 9.04. The van der Waals surface area contributed by atoms with Crippen LogP contribution >= 0.6 is 0 Å². The molecule has 19 heavy (non-hydrogen) atoms. The zero-order chi connectivity index (χ0) is 13.9. The molecular formula is C13H21N3O2S. The highest BCUT2D eigenvalue weighted by atomic mass is 32.2. The van der Waals surface area contributed by atoms with Crippen molar-refractivity contribution in [2.45, 2.75) is 43.7 Å². The van der Waals surface area contributed by atoms with E-state index in [9.17, 15) is 8.42 Å². The fourth-order valence-corrected chi connectivity index (χ4v) is 4.10. The van der Waals surface area contributed by atoms with Gasteiger partial charge in [-0.3, -0.25) is 0 Å². The van der Waals surface area contributed by atoms with Gasteiger partial charge in [0, 0.05) is 19.3 Å². The van der Waals surface area contributed by atoms with Gasteiger partial charge in [0.2, 0.25) is 0 Å². The second-order valence-corrected chi connectivity index (χ2v) is 6.69. The van der Waals surface area contributed by atoms with Crippen LogP contribution in [0.2, 0.25) is 0 Å². The van der Waals surface area contributed by atoms with Gasteiger partial charge in [-0.05, 0) is 37.8 Å². The molecule has 2 rings (SSSR count). The van der Waals surface area contributed by atoms with Gasteiger partial charge in [-0.25, -0.2) is 18.1 Å². The Morgan fingerprint density at radius 2 is 2.05 bits per heavy atom. The molecule has 6 heteroatoms. The molecule has 1 aromatic rings. The Bertz CT molecular complexity index is 524. The van der Waals surface area contributed by atoms with Crippen LogP contribution in [0.25, 0.3) is 0 Å². The zero-order valence-corrected chi connectivity index (χ0v) is 12.2. The Kier molecular flexibility index (Phi) is 4.42. The molecule has 1 aliphatic rings. The standard InChI is InChI=1S/C13H21N3O2S/c1-10(11-6-3-4-7-11)16-19(17,18)13-12(14-2)8-5-9-15-13/h5,8-11,14,16H,3-4,6-7H2,1-2H3. The molecule has 0 aliphatic heterocycles. The number of sulfonamides is 1. The number of anilines is 1. The van der Waals surface area contributed by atoms with Crippen molar-refractivity contribution in [3.63, 3.8) is 0 Å². The molecule has 0 amide bonds. The molecule has 1 saturated carbocycles. The summed E-state index contributed by atoms with van der Waals surface area (Å²) in [5.41, 5.74) is 0.522. The smallest absolute Gasteiger partial charge is 0.260 e. The van der Waals surface area contributed by atoms with Crippen LogP contribution in [0.3, 0.4) is 0 Å². The summed E-state index contributed by atoms with van der Waals surface area (Å²) in [7, 11) is -1.87. The maximum Gasteiger partial charge on any atom is 0.260 e. The van der Waals surface area contributed by atoms with Crippen LogP contribution in [-0.2, 0) is 10.0 Å². The van der Waals surface area contributed by atoms with Gasteiger partial charge in [0.1, 0.15) is 0 Å². The highest BCUT2D eigenvalue weighted by molar-refractivity contribution is 7.89. The Morgan fingerprint density at radius 3 is 2.68 bits per heavy atom. The van der Waals surface area contributed by atoms with E-state index in [0.717, 1.165) is 12.8 Å². The lowest BCUT2D eigenvalue weighted by Crippen LogP contribution is -2.37. The SMILES string of the molecule is CNc1cccnc1S(=O)(=O)NC(C)C1CCCC1. The quantitative estimate of drug-likeness (QED) is 0.867. The molecule has 1 aromatic heterocycles. The maximum atomic E-state index is 12.4. The molecule has 0 aromatic carbocycles. The predicted molar refractivity (Wildman–Crippen MR) is 75.5 cm³/mol. The highest BCUT2D eigenvalue weighted by Gasteiger charge is 2.27. The van der Waals surface area contributed by atoms with Gasteiger partial charge in [-0.2, -0.15) is 0 Å². The van der Waals surface area contributed by atoms with Crippen LogP contribution in [0.5, 0.6) is 0 Å². The van der Waals surface area contributed by atoms with E-state index in [1.165, 1.54) is 19.0 Å². The third kappa shape index (κ3) is 3.25. The molecule has 0 spiro atoms. The number of nitrogens with one attached hydrogen (secondary N) is 2. The van der Waals surface area contributed by atoms with Crippen LogP contribution < -0.4 is 10.0 Å². The van der Waals surface area contributed by atoms with Crippen molar-refractivity contribution in [1.82, 2.24) is 9.71 Å². The van der Waals surface area contributed by atoms with Gasteiger partial charge in [-0.15, -0.1) is 0 Å². The lowest BCUT2D eigenvalue weighted by Gasteiger charge is -2.20. The second-order valence-electron chi connectivity index (χ2n) is 5.06. The Hall–Kier alpha value is -1.14. The zero-order valence-electron chi connectivity index (χ0n) is 11.4. The van der Waals surface area contributed by atoms with E-state index in [1.54, 1.807) is 19.2 Å². The minimum absolute atomic E-state index is 0.0424. The number of nitrogens with zero attached hydrogens (tertiary/aromatic N) is 1. The Labute approximate surface area is 114 Å². The summed E-state index contributed by atoms with van der Waals surface area (Å²) < 4.78 is 27.5. The maximum absolute atomic E-state index is 12.4. The van der Waals surface area contributed by atoms with Crippen LogP contribution in [0.4, 0.5) is 5.69 Å². The second kappa shape index (κ2) is 5.88. The van der Waals surface area contributed by atoms with E-state index < -0.39 is 10.0 Å². The van der Waals surface area contributed by atoms with Gasteiger partial charge in [-0.1, -0.05) is 12.8 Å². The molecule has 1 heterocycles. The third-order valence-electron chi connectivity index (χ3n) is 3.74. The van der Waals surface area contributed by atoms with Gasteiger partial charge >= 0.3 is 0 Å². The summed E-state index contributed by atoms with van der Waals surface area (Å²) in [4.78, 5) is 3.99. The predicted octanol–water partition coefficient (Wildman–Crippen LogP) is 1.98. The van der Waals surface area contributed by atoms with Gasteiger partial charge < -0.3 is 5.32 Å². The monoisotopic (exact) mass is 283 g/mol. The van der Waals surface area contributed by atoms with Crippen molar-refractivity contribution in [3.05, 3.63) is 18.3 Å². The van der Waals surface area contributed by atoms with Crippen LogP contribution in [-0.4, -0.2) is 26.5 Å². The number of hydrogen-bond donors (Lipinski definition) is 2. The minimum atomic E-state index is -3.56. The van der Waals surface area contributed by atoms with Crippen molar-refractivity contribution in [3.8, 4) is 0 Å². The van der Waals surface area contributed by atoms with E-state index in [-0.39, 0.29) is 11.1 Å².